The number of fused-ring (bicyclic) bond motifs is 1. The van der Waals surface area contributed by atoms with Gasteiger partial charge in [-0.05, 0) is 55.5 Å². The largest absolute Gasteiger partial charge is 0.508 e. The fourth-order valence-corrected chi connectivity index (χ4v) is 4.39. The van der Waals surface area contributed by atoms with E-state index in [1.54, 1.807) is 48.5 Å². The van der Waals surface area contributed by atoms with E-state index in [9.17, 15) is 18.3 Å². The average molecular weight is 449 g/mol. The summed E-state index contributed by atoms with van der Waals surface area (Å²) in [4.78, 5) is 17.4. The Labute approximate surface area is 185 Å². The molecule has 0 aliphatic heterocycles. The van der Waals surface area contributed by atoms with Gasteiger partial charge in [0.25, 0.3) is 10.0 Å². The van der Waals surface area contributed by atoms with Crippen molar-refractivity contribution < 1.29 is 23.1 Å². The number of ketones is 1. The first-order valence-electron chi connectivity index (χ1n) is 9.95. The summed E-state index contributed by atoms with van der Waals surface area (Å²) in [7, 11) is -4.02. The SMILES string of the molecule is CCOc1ccc(S(=O)(=O)/N=C2/CC(=Nc3ccc(O)cc3)C(=O)c3ccccc32)cc1. The lowest BCUT2D eigenvalue weighted by atomic mass is 9.87. The average Bonchev–Trinajstić information content (AvgIpc) is 2.79. The van der Waals surface area contributed by atoms with Crippen LogP contribution in [0.3, 0.4) is 0 Å². The van der Waals surface area contributed by atoms with Gasteiger partial charge >= 0.3 is 0 Å². The van der Waals surface area contributed by atoms with Crippen LogP contribution in [0.4, 0.5) is 5.69 Å². The number of aromatic hydroxyl groups is 1. The Morgan fingerprint density at radius 3 is 2.22 bits per heavy atom. The number of ether oxygens (including phenoxy) is 1. The van der Waals surface area contributed by atoms with E-state index >= 15 is 0 Å². The highest BCUT2D eigenvalue weighted by atomic mass is 32.2. The molecule has 0 atom stereocenters. The van der Waals surface area contributed by atoms with Crippen LogP contribution in [0.2, 0.25) is 0 Å². The first-order chi connectivity index (χ1) is 15.4. The minimum atomic E-state index is -4.02. The summed E-state index contributed by atoms with van der Waals surface area (Å²) in [5, 5.41) is 9.46. The molecule has 1 aliphatic rings. The lowest BCUT2D eigenvalue weighted by Gasteiger charge is -2.18. The van der Waals surface area contributed by atoms with Gasteiger partial charge in [-0.2, -0.15) is 12.8 Å². The number of carbonyl (C=O) groups is 1. The second-order valence-corrected chi connectivity index (χ2v) is 8.65. The monoisotopic (exact) mass is 448 g/mol. The summed E-state index contributed by atoms with van der Waals surface area (Å²) >= 11 is 0. The van der Waals surface area contributed by atoms with Crippen molar-refractivity contribution in [1.82, 2.24) is 0 Å². The van der Waals surface area contributed by atoms with E-state index in [0.29, 0.717) is 29.2 Å². The first-order valence-corrected chi connectivity index (χ1v) is 11.4. The Morgan fingerprint density at radius 2 is 1.56 bits per heavy atom. The summed E-state index contributed by atoms with van der Waals surface area (Å²) in [5.41, 5.74) is 1.70. The number of hydrogen-bond acceptors (Lipinski definition) is 6. The summed E-state index contributed by atoms with van der Waals surface area (Å²) in [6.07, 6.45) is -0.0347. The Balaban J connectivity index is 1.76. The maximum absolute atomic E-state index is 13.0. The number of phenolic OH excluding ortho intramolecular Hbond substituents is 1. The van der Waals surface area contributed by atoms with Crippen LogP contribution >= 0.6 is 0 Å². The van der Waals surface area contributed by atoms with Crippen molar-refractivity contribution in [2.75, 3.05) is 6.61 Å². The van der Waals surface area contributed by atoms with E-state index in [2.05, 4.69) is 9.39 Å². The molecule has 0 aromatic heterocycles. The van der Waals surface area contributed by atoms with Gasteiger partial charge in [0.2, 0.25) is 5.78 Å². The molecular formula is C24H20N2O5S. The molecule has 0 amide bonds. The molecule has 0 heterocycles. The number of hydrogen-bond donors (Lipinski definition) is 1. The highest BCUT2D eigenvalue weighted by Crippen LogP contribution is 2.26. The molecule has 0 fully saturated rings. The molecular weight excluding hydrogens is 428 g/mol. The first kappa shape index (κ1) is 21.5. The van der Waals surface area contributed by atoms with Gasteiger partial charge in [0.15, 0.2) is 0 Å². The topological polar surface area (TPSA) is 105 Å². The lowest BCUT2D eigenvalue weighted by molar-refractivity contribution is 0.106. The summed E-state index contributed by atoms with van der Waals surface area (Å²) < 4.78 is 35.4. The third-order valence-corrected chi connectivity index (χ3v) is 6.18. The molecule has 7 nitrogen and oxygen atoms in total. The van der Waals surface area contributed by atoms with Gasteiger partial charge in [0.05, 0.1) is 28.6 Å². The Kier molecular flexibility index (Phi) is 5.87. The Morgan fingerprint density at radius 1 is 0.906 bits per heavy atom. The number of benzene rings is 3. The van der Waals surface area contributed by atoms with Crippen molar-refractivity contribution in [2.24, 2.45) is 9.39 Å². The number of Topliss-reactive ketones (excluding diaryl/α,β-unsaturated/α-hetero) is 1. The van der Waals surface area contributed by atoms with Gasteiger partial charge in [0.1, 0.15) is 11.5 Å². The molecule has 0 spiro atoms. The van der Waals surface area contributed by atoms with Crippen LogP contribution in [0.5, 0.6) is 11.5 Å². The van der Waals surface area contributed by atoms with Gasteiger partial charge in [-0.1, -0.05) is 24.3 Å². The van der Waals surface area contributed by atoms with Crippen LogP contribution in [0, 0.1) is 0 Å². The van der Waals surface area contributed by atoms with Crippen LogP contribution in [0.15, 0.2) is 87.1 Å². The zero-order chi connectivity index (χ0) is 22.7. The number of aliphatic imine (C=N–C) groups is 1. The quantitative estimate of drug-likeness (QED) is 0.625. The minimum absolute atomic E-state index is 0.0276. The van der Waals surface area contributed by atoms with Crippen molar-refractivity contribution in [2.45, 2.75) is 18.2 Å². The van der Waals surface area contributed by atoms with Crippen molar-refractivity contribution in [1.29, 1.82) is 0 Å². The van der Waals surface area contributed by atoms with Gasteiger partial charge in [-0.25, -0.2) is 4.99 Å². The summed E-state index contributed by atoms with van der Waals surface area (Å²) in [5.74, 6) is 0.361. The molecule has 1 aliphatic carbocycles. The molecule has 3 aromatic carbocycles. The van der Waals surface area contributed by atoms with E-state index in [1.165, 1.54) is 24.3 Å². The smallest absolute Gasteiger partial charge is 0.282 e. The van der Waals surface area contributed by atoms with Gasteiger partial charge in [0, 0.05) is 17.5 Å². The number of phenols is 1. The second kappa shape index (κ2) is 8.76. The van der Waals surface area contributed by atoms with Crippen LogP contribution in [0.1, 0.15) is 29.3 Å². The molecule has 162 valence electrons. The minimum Gasteiger partial charge on any atom is -0.508 e. The van der Waals surface area contributed by atoms with Crippen LogP contribution in [-0.4, -0.2) is 37.3 Å². The summed E-state index contributed by atoms with van der Waals surface area (Å²) in [6, 6.07) is 18.8. The highest BCUT2D eigenvalue weighted by Gasteiger charge is 2.29. The molecule has 0 saturated heterocycles. The van der Waals surface area contributed by atoms with Crippen molar-refractivity contribution in [3.8, 4) is 11.5 Å². The maximum Gasteiger partial charge on any atom is 0.282 e. The number of rotatable bonds is 5. The van der Waals surface area contributed by atoms with Crippen LogP contribution < -0.4 is 4.74 Å². The maximum atomic E-state index is 13.0. The fourth-order valence-electron chi connectivity index (χ4n) is 3.35. The van der Waals surface area contributed by atoms with E-state index < -0.39 is 10.0 Å². The Hall–Kier alpha value is -3.78. The normalized spacial score (nSPS) is 16.2. The zero-order valence-corrected chi connectivity index (χ0v) is 18.0. The van der Waals surface area contributed by atoms with E-state index in [0.717, 1.165) is 0 Å². The molecule has 0 saturated carbocycles. The predicted molar refractivity (Wildman–Crippen MR) is 122 cm³/mol. The number of sulfonamides is 1. The summed E-state index contributed by atoms with van der Waals surface area (Å²) in [6.45, 7) is 2.32. The van der Waals surface area contributed by atoms with Crippen LogP contribution in [-0.2, 0) is 10.0 Å². The van der Waals surface area contributed by atoms with Crippen molar-refractivity contribution in [3.05, 3.63) is 83.9 Å². The molecule has 0 bridgehead atoms. The molecule has 3 aromatic rings. The molecule has 32 heavy (non-hydrogen) atoms. The van der Waals surface area contributed by atoms with Gasteiger partial charge < -0.3 is 9.84 Å². The third-order valence-electron chi connectivity index (χ3n) is 4.86. The molecule has 0 unspecified atom stereocenters. The number of carbonyl (C=O) groups excluding carboxylic acids is 1. The lowest BCUT2D eigenvalue weighted by Crippen LogP contribution is -2.28. The predicted octanol–water partition coefficient (Wildman–Crippen LogP) is 4.33. The van der Waals surface area contributed by atoms with E-state index in [1.807, 2.05) is 6.92 Å². The Bertz CT molecular complexity index is 1330. The van der Waals surface area contributed by atoms with Gasteiger partial charge in [-0.3, -0.25) is 4.79 Å². The second-order valence-electron chi connectivity index (χ2n) is 7.04. The van der Waals surface area contributed by atoms with Gasteiger partial charge in [-0.15, -0.1) is 0 Å². The number of nitrogens with zero attached hydrogens (tertiary/aromatic N) is 2. The molecule has 1 N–H and O–H groups in total. The molecule has 8 heteroatoms. The molecule has 4 rings (SSSR count). The third kappa shape index (κ3) is 4.45. The standard InChI is InChI=1S/C24H20N2O5S/c1-2-31-18-11-13-19(14-12-18)32(29,30)26-22-15-23(25-16-7-9-17(27)10-8-16)24(28)21-6-4-3-5-20(21)22/h3-14,27H,2,15H2,1H3/b25-23?,26-22-. The van der Waals surface area contributed by atoms with Crippen molar-refractivity contribution in [3.63, 3.8) is 0 Å². The van der Waals surface area contributed by atoms with Crippen LogP contribution in [0.25, 0.3) is 0 Å². The zero-order valence-electron chi connectivity index (χ0n) is 17.2. The highest BCUT2D eigenvalue weighted by molar-refractivity contribution is 7.90. The van der Waals surface area contributed by atoms with Crippen molar-refractivity contribution >= 4 is 32.9 Å². The van der Waals surface area contributed by atoms with E-state index in [-0.39, 0.29) is 34.3 Å². The molecule has 0 radical (unpaired) electrons. The fraction of sp³-hybridized carbons (Fsp3) is 0.125. The van der Waals surface area contributed by atoms with E-state index in [4.69, 9.17) is 4.74 Å².